The van der Waals surface area contributed by atoms with Crippen LogP contribution in [0.1, 0.15) is 65.9 Å². The third kappa shape index (κ3) is 2.56. The number of carbonyl (C=O) groups excluding carboxylic acids is 4. The first-order valence-electron chi connectivity index (χ1n) is 8.86. The molecule has 2 aromatic rings. The molecule has 0 aromatic heterocycles. The third-order valence-electron chi connectivity index (χ3n) is 5.04. The van der Waals surface area contributed by atoms with Crippen LogP contribution < -0.4 is 0 Å². The Morgan fingerprint density at radius 1 is 0.704 bits per heavy atom. The zero-order valence-electron chi connectivity index (χ0n) is 15.1. The Morgan fingerprint density at radius 2 is 1.19 bits per heavy atom. The molecule has 6 heteroatoms. The summed E-state index contributed by atoms with van der Waals surface area (Å²) in [4.78, 5) is 51.3. The van der Waals surface area contributed by atoms with Crippen LogP contribution in [0, 0.1) is 0 Å². The maximum atomic E-state index is 12.5. The molecule has 0 N–H and O–H groups in total. The van der Waals surface area contributed by atoms with Crippen molar-refractivity contribution in [2.75, 3.05) is 13.6 Å². The van der Waals surface area contributed by atoms with Crippen LogP contribution >= 0.6 is 0 Å². The molecule has 0 fully saturated rings. The van der Waals surface area contributed by atoms with Crippen molar-refractivity contribution in [3.63, 3.8) is 0 Å². The van der Waals surface area contributed by atoms with Gasteiger partial charge in [0, 0.05) is 13.6 Å². The van der Waals surface area contributed by atoms with E-state index in [9.17, 15) is 19.2 Å². The van der Waals surface area contributed by atoms with Crippen LogP contribution in [0.25, 0.3) is 0 Å². The van der Waals surface area contributed by atoms with E-state index in [2.05, 4.69) is 0 Å². The SMILES string of the molecule is CCCN1C(=O)c2ccc(Cc3ccc4c(c3)C(=O)N(C)C4=O)cc2C1=O. The van der Waals surface area contributed by atoms with Gasteiger partial charge in [0.05, 0.1) is 22.3 Å². The predicted molar refractivity (Wildman–Crippen MR) is 97.8 cm³/mol. The van der Waals surface area contributed by atoms with E-state index in [0.717, 1.165) is 16.0 Å². The van der Waals surface area contributed by atoms with Gasteiger partial charge in [0.1, 0.15) is 0 Å². The Bertz CT molecular complexity index is 1020. The normalized spacial score (nSPS) is 15.6. The molecule has 0 spiro atoms. The zero-order valence-corrected chi connectivity index (χ0v) is 15.1. The number of hydrogen-bond acceptors (Lipinski definition) is 4. The van der Waals surface area contributed by atoms with Gasteiger partial charge in [-0.25, -0.2) is 0 Å². The molecule has 2 aliphatic rings. The molecule has 136 valence electrons. The molecule has 4 rings (SSSR count). The topological polar surface area (TPSA) is 74.8 Å². The van der Waals surface area contributed by atoms with Crippen molar-refractivity contribution in [1.82, 2.24) is 9.80 Å². The maximum Gasteiger partial charge on any atom is 0.261 e. The number of imide groups is 2. The molecule has 0 bridgehead atoms. The smallest absolute Gasteiger partial charge is 0.261 e. The fourth-order valence-electron chi connectivity index (χ4n) is 3.63. The zero-order chi connectivity index (χ0) is 19.3. The minimum absolute atomic E-state index is 0.243. The number of fused-ring (bicyclic) bond motifs is 2. The van der Waals surface area contributed by atoms with Gasteiger partial charge in [-0.1, -0.05) is 19.1 Å². The highest BCUT2D eigenvalue weighted by molar-refractivity contribution is 6.22. The first-order chi connectivity index (χ1) is 12.9. The van der Waals surface area contributed by atoms with Crippen LogP contribution in [0.2, 0.25) is 0 Å². The molecular weight excluding hydrogens is 344 g/mol. The van der Waals surface area contributed by atoms with E-state index in [-0.39, 0.29) is 23.6 Å². The number of amides is 4. The molecule has 2 aromatic carbocycles. The molecular formula is C21H18N2O4. The van der Waals surface area contributed by atoms with E-state index in [1.807, 2.05) is 19.1 Å². The minimum atomic E-state index is -0.304. The van der Waals surface area contributed by atoms with Crippen LogP contribution in [0.5, 0.6) is 0 Å². The Hall–Kier alpha value is -3.28. The van der Waals surface area contributed by atoms with Crippen molar-refractivity contribution in [2.24, 2.45) is 0 Å². The van der Waals surface area contributed by atoms with Gasteiger partial charge in [-0.3, -0.25) is 29.0 Å². The summed E-state index contributed by atoms with van der Waals surface area (Å²) in [5.74, 6) is -1.09. The first kappa shape index (κ1) is 17.1. The van der Waals surface area contributed by atoms with E-state index >= 15 is 0 Å². The molecule has 0 saturated heterocycles. The standard InChI is InChI=1S/C21H18N2O4/c1-3-8-23-20(26)15-7-5-13(11-17(15)21(23)27)9-12-4-6-14-16(10-12)19(25)22(2)18(14)24/h4-7,10-11H,3,8-9H2,1-2H3. The molecule has 0 atom stereocenters. The lowest BCUT2D eigenvalue weighted by atomic mass is 9.98. The summed E-state index contributed by atoms with van der Waals surface area (Å²) in [6, 6.07) is 10.5. The van der Waals surface area contributed by atoms with E-state index in [1.54, 1.807) is 24.3 Å². The molecule has 2 heterocycles. The minimum Gasteiger partial charge on any atom is -0.277 e. The Balaban J connectivity index is 1.63. The summed E-state index contributed by atoms with van der Waals surface area (Å²) in [6.45, 7) is 2.34. The quantitative estimate of drug-likeness (QED) is 0.783. The summed E-state index contributed by atoms with van der Waals surface area (Å²) in [7, 11) is 1.47. The maximum absolute atomic E-state index is 12.5. The highest BCUT2D eigenvalue weighted by Gasteiger charge is 2.35. The van der Waals surface area contributed by atoms with Crippen molar-refractivity contribution in [1.29, 1.82) is 0 Å². The molecule has 27 heavy (non-hydrogen) atoms. The van der Waals surface area contributed by atoms with Gasteiger partial charge in [0.15, 0.2) is 0 Å². The number of benzene rings is 2. The summed E-state index contributed by atoms with van der Waals surface area (Å²) in [6.07, 6.45) is 1.22. The van der Waals surface area contributed by atoms with Gasteiger partial charge >= 0.3 is 0 Å². The van der Waals surface area contributed by atoms with Crippen LogP contribution in [0.15, 0.2) is 36.4 Å². The number of hydrogen-bond donors (Lipinski definition) is 0. The van der Waals surface area contributed by atoms with Gasteiger partial charge < -0.3 is 0 Å². The van der Waals surface area contributed by atoms with E-state index in [1.165, 1.54) is 11.9 Å². The monoisotopic (exact) mass is 362 g/mol. The summed E-state index contributed by atoms with van der Waals surface area (Å²) < 4.78 is 0. The number of rotatable bonds is 4. The second-order valence-corrected chi connectivity index (χ2v) is 6.87. The molecule has 0 radical (unpaired) electrons. The summed E-state index contributed by atoms with van der Waals surface area (Å²) in [5, 5.41) is 0. The van der Waals surface area contributed by atoms with Crippen LogP contribution in [0.3, 0.4) is 0 Å². The number of nitrogens with zero attached hydrogens (tertiary/aromatic N) is 2. The van der Waals surface area contributed by atoms with Crippen molar-refractivity contribution in [3.05, 3.63) is 69.8 Å². The van der Waals surface area contributed by atoms with Gasteiger partial charge in [0.25, 0.3) is 23.6 Å². The fourth-order valence-corrected chi connectivity index (χ4v) is 3.63. The molecule has 0 saturated carbocycles. The summed E-state index contributed by atoms with van der Waals surface area (Å²) in [5.41, 5.74) is 3.43. The summed E-state index contributed by atoms with van der Waals surface area (Å²) >= 11 is 0. The molecule has 2 aliphatic heterocycles. The van der Waals surface area contributed by atoms with Gasteiger partial charge in [-0.2, -0.15) is 0 Å². The molecule has 0 aliphatic carbocycles. The largest absolute Gasteiger partial charge is 0.277 e. The van der Waals surface area contributed by atoms with Gasteiger partial charge in [-0.15, -0.1) is 0 Å². The van der Waals surface area contributed by atoms with Crippen molar-refractivity contribution < 1.29 is 19.2 Å². The fraction of sp³-hybridized carbons (Fsp3) is 0.238. The lowest BCUT2D eigenvalue weighted by Crippen LogP contribution is -2.30. The Labute approximate surface area is 156 Å². The lowest BCUT2D eigenvalue weighted by Gasteiger charge is -2.11. The van der Waals surface area contributed by atoms with Crippen molar-refractivity contribution in [2.45, 2.75) is 19.8 Å². The molecule has 6 nitrogen and oxygen atoms in total. The van der Waals surface area contributed by atoms with Crippen LogP contribution in [-0.2, 0) is 6.42 Å². The highest BCUT2D eigenvalue weighted by atomic mass is 16.2. The van der Waals surface area contributed by atoms with E-state index < -0.39 is 0 Å². The van der Waals surface area contributed by atoms with Crippen LogP contribution in [0.4, 0.5) is 0 Å². The second-order valence-electron chi connectivity index (χ2n) is 6.87. The highest BCUT2D eigenvalue weighted by Crippen LogP contribution is 2.27. The van der Waals surface area contributed by atoms with E-state index in [0.29, 0.717) is 41.6 Å². The lowest BCUT2D eigenvalue weighted by molar-refractivity contribution is 0.0649. The van der Waals surface area contributed by atoms with Gasteiger partial charge in [0.2, 0.25) is 0 Å². The average Bonchev–Trinajstić information content (AvgIpc) is 3.03. The Morgan fingerprint density at radius 3 is 1.78 bits per heavy atom. The average molecular weight is 362 g/mol. The van der Waals surface area contributed by atoms with Crippen molar-refractivity contribution >= 4 is 23.6 Å². The van der Waals surface area contributed by atoms with Gasteiger partial charge in [-0.05, 0) is 48.2 Å². The number of carbonyl (C=O) groups is 4. The van der Waals surface area contributed by atoms with Crippen LogP contribution in [-0.4, -0.2) is 47.0 Å². The first-order valence-corrected chi connectivity index (χ1v) is 8.86. The van der Waals surface area contributed by atoms with E-state index in [4.69, 9.17) is 0 Å². The molecule has 4 amide bonds. The predicted octanol–water partition coefficient (Wildman–Crippen LogP) is 2.51. The Kier molecular flexibility index (Phi) is 3.91. The third-order valence-corrected chi connectivity index (χ3v) is 5.04. The van der Waals surface area contributed by atoms with Crippen molar-refractivity contribution in [3.8, 4) is 0 Å². The second kappa shape index (κ2) is 6.16. The molecule has 0 unspecified atom stereocenters.